The van der Waals surface area contributed by atoms with E-state index in [0.717, 1.165) is 25.7 Å². The summed E-state index contributed by atoms with van der Waals surface area (Å²) in [6.45, 7) is 4.33. The number of hydrogen-bond acceptors (Lipinski definition) is 3. The Hall–Kier alpha value is -0.870. The number of aliphatic hydroxyl groups is 2. The number of carbonyl (C=O) groups excluding carboxylic acids is 1. The zero-order valence-electron chi connectivity index (χ0n) is 39.1. The summed E-state index contributed by atoms with van der Waals surface area (Å²) in [6.07, 6.45) is 63.7. The first-order valence-electron chi connectivity index (χ1n) is 26.4. The topological polar surface area (TPSA) is 69.6 Å². The van der Waals surface area contributed by atoms with Gasteiger partial charge in [0.1, 0.15) is 0 Å². The minimum Gasteiger partial charge on any atom is -0.394 e. The van der Waals surface area contributed by atoms with Crippen LogP contribution < -0.4 is 5.32 Å². The van der Waals surface area contributed by atoms with Crippen molar-refractivity contribution >= 4 is 5.91 Å². The van der Waals surface area contributed by atoms with Gasteiger partial charge in [0.25, 0.3) is 0 Å². The third-order valence-corrected chi connectivity index (χ3v) is 12.5. The van der Waals surface area contributed by atoms with Crippen molar-refractivity contribution in [2.75, 3.05) is 6.61 Å². The summed E-state index contributed by atoms with van der Waals surface area (Å²) in [7, 11) is 0. The van der Waals surface area contributed by atoms with E-state index in [0.29, 0.717) is 6.42 Å². The third kappa shape index (κ3) is 46.1. The number of allylic oxidation sites excluding steroid dienone is 1. The van der Waals surface area contributed by atoms with Crippen molar-refractivity contribution in [3.8, 4) is 0 Å². The molecular formula is C53H105NO3. The molecular weight excluding hydrogens is 699 g/mol. The second-order valence-electron chi connectivity index (χ2n) is 18.3. The number of aliphatic hydroxyl groups excluding tert-OH is 2. The second-order valence-corrected chi connectivity index (χ2v) is 18.3. The Morgan fingerprint density at radius 1 is 0.404 bits per heavy atom. The van der Waals surface area contributed by atoms with Gasteiger partial charge in [-0.2, -0.15) is 0 Å². The molecule has 57 heavy (non-hydrogen) atoms. The Morgan fingerprint density at radius 2 is 0.649 bits per heavy atom. The van der Waals surface area contributed by atoms with E-state index in [-0.39, 0.29) is 12.5 Å². The second kappa shape index (κ2) is 49.5. The van der Waals surface area contributed by atoms with Crippen LogP contribution in [0, 0.1) is 0 Å². The predicted molar refractivity (Wildman–Crippen MR) is 253 cm³/mol. The summed E-state index contributed by atoms with van der Waals surface area (Å²) in [4.78, 5) is 12.4. The molecule has 4 nitrogen and oxygen atoms in total. The summed E-state index contributed by atoms with van der Waals surface area (Å²) in [5, 5.41) is 23.0. The fourth-order valence-electron chi connectivity index (χ4n) is 8.48. The molecule has 0 rings (SSSR count). The van der Waals surface area contributed by atoms with Crippen LogP contribution in [0.4, 0.5) is 0 Å². The highest BCUT2D eigenvalue weighted by molar-refractivity contribution is 5.76. The minimum atomic E-state index is -0.833. The molecule has 0 aromatic carbocycles. The van der Waals surface area contributed by atoms with Crippen LogP contribution in [0.3, 0.4) is 0 Å². The van der Waals surface area contributed by atoms with Crippen LogP contribution in [0.1, 0.15) is 303 Å². The largest absolute Gasteiger partial charge is 0.394 e. The van der Waals surface area contributed by atoms with E-state index in [1.54, 1.807) is 6.08 Å². The van der Waals surface area contributed by atoms with Gasteiger partial charge in [-0.1, -0.05) is 289 Å². The lowest BCUT2D eigenvalue weighted by Gasteiger charge is -2.20. The van der Waals surface area contributed by atoms with Crippen molar-refractivity contribution in [3.63, 3.8) is 0 Å². The van der Waals surface area contributed by atoms with E-state index in [4.69, 9.17) is 0 Å². The maximum atomic E-state index is 12.4. The quantitative estimate of drug-likeness (QED) is 0.0424. The normalized spacial score (nSPS) is 12.8. The first kappa shape index (κ1) is 56.1. The van der Waals surface area contributed by atoms with E-state index in [1.165, 1.54) is 257 Å². The van der Waals surface area contributed by atoms with Crippen LogP contribution in [0.15, 0.2) is 12.2 Å². The average molecular weight is 804 g/mol. The number of unbranched alkanes of at least 4 members (excludes halogenated alkanes) is 42. The van der Waals surface area contributed by atoms with Gasteiger partial charge in [-0.25, -0.2) is 0 Å². The highest BCUT2D eigenvalue weighted by Gasteiger charge is 2.18. The Morgan fingerprint density at radius 3 is 0.912 bits per heavy atom. The summed E-state index contributed by atoms with van der Waals surface area (Å²) in [5.41, 5.74) is 0. The van der Waals surface area contributed by atoms with Gasteiger partial charge in [-0.3, -0.25) is 4.79 Å². The first-order chi connectivity index (χ1) is 28.2. The molecule has 2 atom stereocenters. The van der Waals surface area contributed by atoms with E-state index in [9.17, 15) is 15.0 Å². The van der Waals surface area contributed by atoms with Gasteiger partial charge in [-0.05, 0) is 19.3 Å². The van der Waals surface area contributed by atoms with Crippen LogP contribution >= 0.6 is 0 Å². The number of amides is 1. The molecule has 0 radical (unpaired) electrons. The highest BCUT2D eigenvalue weighted by atomic mass is 16.3. The number of rotatable bonds is 49. The van der Waals surface area contributed by atoms with Crippen LogP contribution in [0.25, 0.3) is 0 Å². The summed E-state index contributed by atoms with van der Waals surface area (Å²) in [5.74, 6) is -0.0579. The van der Waals surface area contributed by atoms with Gasteiger partial charge in [0.2, 0.25) is 5.91 Å². The Balaban J connectivity index is 3.38. The maximum absolute atomic E-state index is 12.4. The van der Waals surface area contributed by atoms with E-state index < -0.39 is 12.1 Å². The molecule has 0 aliphatic heterocycles. The van der Waals surface area contributed by atoms with Gasteiger partial charge in [0, 0.05) is 6.42 Å². The average Bonchev–Trinajstić information content (AvgIpc) is 3.22. The predicted octanol–water partition coefficient (Wildman–Crippen LogP) is 17.0. The molecule has 0 spiro atoms. The lowest BCUT2D eigenvalue weighted by atomic mass is 10.0. The molecule has 0 heterocycles. The zero-order valence-corrected chi connectivity index (χ0v) is 39.1. The van der Waals surface area contributed by atoms with Gasteiger partial charge in [-0.15, -0.1) is 0 Å². The molecule has 3 N–H and O–H groups in total. The Labute approximate surface area is 358 Å². The number of hydrogen-bond donors (Lipinski definition) is 3. The molecule has 0 aliphatic rings. The van der Waals surface area contributed by atoms with Crippen molar-refractivity contribution in [1.82, 2.24) is 5.32 Å². The highest BCUT2D eigenvalue weighted by Crippen LogP contribution is 2.18. The van der Waals surface area contributed by atoms with Gasteiger partial charge >= 0.3 is 0 Å². The van der Waals surface area contributed by atoms with E-state index >= 15 is 0 Å². The molecule has 0 bridgehead atoms. The van der Waals surface area contributed by atoms with Crippen molar-refractivity contribution in [2.45, 2.75) is 315 Å². The third-order valence-electron chi connectivity index (χ3n) is 12.5. The Bertz CT molecular complexity index is 784. The minimum absolute atomic E-state index is 0.0579. The van der Waals surface area contributed by atoms with Gasteiger partial charge < -0.3 is 15.5 Å². The van der Waals surface area contributed by atoms with Gasteiger partial charge in [0.05, 0.1) is 18.8 Å². The lowest BCUT2D eigenvalue weighted by Crippen LogP contribution is -2.45. The molecule has 0 saturated heterocycles. The fourth-order valence-corrected chi connectivity index (χ4v) is 8.48. The fraction of sp³-hybridized carbons (Fsp3) is 0.943. The molecule has 0 aromatic heterocycles. The standard InChI is InChI=1S/C53H105NO3/c1-3-5-7-9-11-13-15-17-18-19-20-21-22-23-24-25-26-27-28-29-30-31-32-33-34-35-37-39-41-43-45-47-49-53(57)54-51(50-55)52(56)48-46-44-42-40-38-36-16-14-12-10-8-6-4-2/h46,48,51-52,55-56H,3-45,47,49-50H2,1-2H3,(H,54,57)/b48-46+/t51-,52+/m0/s1. The Kier molecular flexibility index (Phi) is 48.7. The first-order valence-corrected chi connectivity index (χ1v) is 26.4. The van der Waals surface area contributed by atoms with Gasteiger partial charge in [0.15, 0.2) is 0 Å². The SMILES string of the molecule is CCCCCCCCCCCCC/C=C/[C@@H](O)[C@H](CO)NC(=O)CCCCCCCCCCCCCCCCCCCCCCCCCCCCCCCCCC. The summed E-state index contributed by atoms with van der Waals surface area (Å²) >= 11 is 0. The number of carbonyl (C=O) groups is 1. The lowest BCUT2D eigenvalue weighted by molar-refractivity contribution is -0.123. The molecule has 4 heteroatoms. The molecule has 0 unspecified atom stereocenters. The van der Waals surface area contributed by atoms with E-state index in [1.807, 2.05) is 6.08 Å². The van der Waals surface area contributed by atoms with Crippen LogP contribution in [0.2, 0.25) is 0 Å². The van der Waals surface area contributed by atoms with Crippen LogP contribution in [-0.2, 0) is 4.79 Å². The van der Waals surface area contributed by atoms with Crippen molar-refractivity contribution in [3.05, 3.63) is 12.2 Å². The summed E-state index contributed by atoms with van der Waals surface area (Å²) in [6, 6.07) is -0.616. The molecule has 0 aromatic rings. The molecule has 0 aliphatic carbocycles. The van der Waals surface area contributed by atoms with E-state index in [2.05, 4.69) is 19.2 Å². The number of nitrogens with one attached hydrogen (secondary N) is 1. The van der Waals surface area contributed by atoms with Crippen molar-refractivity contribution < 1.29 is 15.0 Å². The molecule has 340 valence electrons. The molecule has 0 fully saturated rings. The monoisotopic (exact) mass is 804 g/mol. The molecule has 0 saturated carbocycles. The maximum Gasteiger partial charge on any atom is 0.220 e. The zero-order chi connectivity index (χ0) is 41.4. The molecule has 1 amide bonds. The smallest absolute Gasteiger partial charge is 0.220 e. The van der Waals surface area contributed by atoms with Crippen LogP contribution in [0.5, 0.6) is 0 Å². The van der Waals surface area contributed by atoms with Crippen molar-refractivity contribution in [2.24, 2.45) is 0 Å². The summed E-state index contributed by atoms with van der Waals surface area (Å²) < 4.78 is 0. The van der Waals surface area contributed by atoms with Crippen molar-refractivity contribution in [1.29, 1.82) is 0 Å². The van der Waals surface area contributed by atoms with Crippen LogP contribution in [-0.4, -0.2) is 34.9 Å².